The van der Waals surface area contributed by atoms with Gasteiger partial charge >= 0.3 is 0 Å². The summed E-state index contributed by atoms with van der Waals surface area (Å²) in [5.74, 6) is 1.17. The zero-order valence-corrected chi connectivity index (χ0v) is 16.9. The van der Waals surface area contributed by atoms with E-state index >= 15 is 0 Å². The van der Waals surface area contributed by atoms with Crippen LogP contribution < -0.4 is 5.32 Å². The third-order valence-electron chi connectivity index (χ3n) is 3.08. The molecule has 1 aromatic carbocycles. The Hall–Kier alpha value is -1.42. The van der Waals surface area contributed by atoms with E-state index in [1.807, 2.05) is 17.5 Å². The van der Waals surface area contributed by atoms with E-state index in [1.54, 1.807) is 11.8 Å². The maximum Gasteiger partial charge on any atom is 0.236 e. The molecule has 0 spiro atoms. The second-order valence-electron chi connectivity index (χ2n) is 5.01. The fourth-order valence-corrected chi connectivity index (χ4v) is 5.36. The van der Waals surface area contributed by atoms with Crippen LogP contribution in [0.2, 0.25) is 0 Å². The number of aryl methyl sites for hydroxylation is 1. The maximum atomic E-state index is 12.1. The monoisotopic (exact) mass is 408 g/mol. The molecule has 5 nitrogen and oxygen atoms in total. The van der Waals surface area contributed by atoms with Crippen molar-refractivity contribution in [3.05, 3.63) is 35.2 Å². The first-order valence-electron chi connectivity index (χ1n) is 7.55. The van der Waals surface area contributed by atoms with Crippen molar-refractivity contribution >= 4 is 57.2 Å². The van der Waals surface area contributed by atoms with Gasteiger partial charge in [0.15, 0.2) is 13.8 Å². The summed E-state index contributed by atoms with van der Waals surface area (Å²) in [6.07, 6.45) is 0. The standard InChI is InChI=1S/C16H16N4OS4/c1-3-22-15-19-20-16(25-15)24-9-13(21)18-14-17-12(8-23-14)11-6-4-10(2)5-7-11/h4-8H,3,9H2,1-2H3,(H,17,18,21). The first-order valence-corrected chi connectivity index (χ1v) is 11.2. The summed E-state index contributed by atoms with van der Waals surface area (Å²) in [6.45, 7) is 4.13. The van der Waals surface area contributed by atoms with Gasteiger partial charge in [0.05, 0.1) is 11.4 Å². The summed E-state index contributed by atoms with van der Waals surface area (Å²) in [7, 11) is 0. The topological polar surface area (TPSA) is 67.8 Å². The molecule has 3 rings (SSSR count). The van der Waals surface area contributed by atoms with Crippen molar-refractivity contribution in [2.75, 3.05) is 16.8 Å². The number of nitrogens with zero attached hydrogens (tertiary/aromatic N) is 3. The zero-order chi connectivity index (χ0) is 17.6. The summed E-state index contributed by atoms with van der Waals surface area (Å²) in [5, 5.41) is 13.6. The molecule has 2 heterocycles. The van der Waals surface area contributed by atoms with Crippen molar-refractivity contribution in [3.63, 3.8) is 0 Å². The lowest BCUT2D eigenvalue weighted by Crippen LogP contribution is -2.13. The molecular weight excluding hydrogens is 392 g/mol. The van der Waals surface area contributed by atoms with Crippen LogP contribution in [0.5, 0.6) is 0 Å². The Morgan fingerprint density at radius 2 is 1.88 bits per heavy atom. The molecule has 9 heteroatoms. The predicted octanol–water partition coefficient (Wildman–Crippen LogP) is 4.81. The van der Waals surface area contributed by atoms with Crippen molar-refractivity contribution in [2.45, 2.75) is 22.5 Å². The van der Waals surface area contributed by atoms with E-state index in [4.69, 9.17) is 0 Å². The molecule has 0 unspecified atom stereocenters. The first kappa shape index (κ1) is 18.4. The second-order valence-corrected chi connectivity index (χ2v) is 9.58. The summed E-state index contributed by atoms with van der Waals surface area (Å²) in [6, 6.07) is 8.17. The molecule has 0 aliphatic heterocycles. The molecule has 0 aliphatic carbocycles. The van der Waals surface area contributed by atoms with Gasteiger partial charge in [-0.05, 0) is 12.7 Å². The maximum absolute atomic E-state index is 12.1. The van der Waals surface area contributed by atoms with Gasteiger partial charge < -0.3 is 5.32 Å². The lowest BCUT2D eigenvalue weighted by atomic mass is 10.1. The molecule has 1 amide bonds. The molecule has 0 saturated heterocycles. The Bertz CT molecular complexity index is 844. The summed E-state index contributed by atoms with van der Waals surface area (Å²) < 4.78 is 1.75. The predicted molar refractivity (Wildman–Crippen MR) is 108 cm³/mol. The number of anilines is 1. The Labute approximate surface area is 162 Å². The number of aromatic nitrogens is 3. The Morgan fingerprint density at radius 1 is 1.16 bits per heavy atom. The van der Waals surface area contributed by atoms with E-state index in [0.29, 0.717) is 10.9 Å². The minimum absolute atomic E-state index is 0.0882. The lowest BCUT2D eigenvalue weighted by Gasteiger charge is -2.00. The average molecular weight is 409 g/mol. The van der Waals surface area contributed by atoms with Crippen LogP contribution in [0.15, 0.2) is 38.3 Å². The molecule has 0 bridgehead atoms. The lowest BCUT2D eigenvalue weighted by molar-refractivity contribution is -0.113. The quantitative estimate of drug-likeness (QED) is 0.566. The van der Waals surface area contributed by atoms with Gasteiger partial charge in [-0.1, -0.05) is 71.6 Å². The average Bonchev–Trinajstić information content (AvgIpc) is 3.24. The van der Waals surface area contributed by atoms with Crippen LogP contribution in [-0.4, -0.2) is 32.6 Å². The van der Waals surface area contributed by atoms with Crippen LogP contribution in [0.25, 0.3) is 11.3 Å². The van der Waals surface area contributed by atoms with Gasteiger partial charge in [0, 0.05) is 10.9 Å². The number of carbonyl (C=O) groups is 1. The number of nitrogens with one attached hydrogen (secondary N) is 1. The van der Waals surface area contributed by atoms with Crippen molar-refractivity contribution in [1.82, 2.24) is 15.2 Å². The number of benzene rings is 1. The van der Waals surface area contributed by atoms with Gasteiger partial charge in [0.2, 0.25) is 5.91 Å². The molecular formula is C16H16N4OS4. The van der Waals surface area contributed by atoms with Crippen molar-refractivity contribution in [1.29, 1.82) is 0 Å². The highest BCUT2D eigenvalue weighted by Crippen LogP contribution is 2.29. The molecule has 0 saturated carbocycles. The van der Waals surface area contributed by atoms with Crippen LogP contribution >= 0.6 is 46.2 Å². The number of thioether (sulfide) groups is 2. The van der Waals surface area contributed by atoms with E-state index in [-0.39, 0.29) is 5.91 Å². The molecule has 2 aromatic heterocycles. The van der Waals surface area contributed by atoms with E-state index in [9.17, 15) is 4.79 Å². The SMILES string of the molecule is CCSc1nnc(SCC(=O)Nc2nc(-c3ccc(C)cc3)cs2)s1. The second kappa shape index (κ2) is 8.79. The van der Waals surface area contributed by atoms with Gasteiger partial charge in [-0.3, -0.25) is 4.79 Å². The number of hydrogen-bond donors (Lipinski definition) is 1. The molecule has 1 N–H and O–H groups in total. The largest absolute Gasteiger partial charge is 0.301 e. The van der Waals surface area contributed by atoms with E-state index < -0.39 is 0 Å². The zero-order valence-electron chi connectivity index (χ0n) is 13.7. The minimum atomic E-state index is -0.0882. The summed E-state index contributed by atoms with van der Waals surface area (Å²) in [5.41, 5.74) is 3.13. The minimum Gasteiger partial charge on any atom is -0.301 e. The third-order valence-corrected chi connectivity index (χ3v) is 6.91. The van der Waals surface area contributed by atoms with Gasteiger partial charge in [-0.25, -0.2) is 4.98 Å². The van der Waals surface area contributed by atoms with Gasteiger partial charge in [-0.15, -0.1) is 21.5 Å². The molecule has 130 valence electrons. The molecule has 3 aromatic rings. The van der Waals surface area contributed by atoms with Crippen LogP contribution in [0, 0.1) is 6.92 Å². The van der Waals surface area contributed by atoms with Crippen LogP contribution in [-0.2, 0) is 4.79 Å². The highest BCUT2D eigenvalue weighted by Gasteiger charge is 2.11. The van der Waals surface area contributed by atoms with Crippen LogP contribution in [0.4, 0.5) is 5.13 Å². The third kappa shape index (κ3) is 5.27. The molecule has 0 aliphatic rings. The number of hydrogen-bond acceptors (Lipinski definition) is 8. The van der Waals surface area contributed by atoms with E-state index in [1.165, 1.54) is 40.0 Å². The highest BCUT2D eigenvalue weighted by molar-refractivity contribution is 8.03. The molecule has 0 atom stereocenters. The Kier molecular flexibility index (Phi) is 6.46. The van der Waals surface area contributed by atoms with Crippen molar-refractivity contribution < 1.29 is 4.79 Å². The van der Waals surface area contributed by atoms with Crippen molar-refractivity contribution in [3.8, 4) is 11.3 Å². The number of thiazole rings is 1. The van der Waals surface area contributed by atoms with Gasteiger partial charge in [0.1, 0.15) is 0 Å². The molecule has 25 heavy (non-hydrogen) atoms. The fourth-order valence-electron chi connectivity index (χ4n) is 1.91. The van der Waals surface area contributed by atoms with Crippen molar-refractivity contribution in [2.24, 2.45) is 0 Å². The van der Waals surface area contributed by atoms with E-state index in [2.05, 4.69) is 46.5 Å². The number of amides is 1. The fraction of sp³-hybridized carbons (Fsp3) is 0.250. The normalized spacial score (nSPS) is 10.8. The van der Waals surface area contributed by atoms with Crippen LogP contribution in [0.3, 0.4) is 0 Å². The molecule has 0 radical (unpaired) electrons. The Balaban J connectivity index is 1.53. The van der Waals surface area contributed by atoms with Gasteiger partial charge in [-0.2, -0.15) is 0 Å². The van der Waals surface area contributed by atoms with E-state index in [0.717, 1.165) is 25.7 Å². The van der Waals surface area contributed by atoms with Gasteiger partial charge in [0.25, 0.3) is 0 Å². The number of carbonyl (C=O) groups excluding carboxylic acids is 1. The first-order chi connectivity index (χ1) is 12.1. The number of rotatable bonds is 7. The summed E-state index contributed by atoms with van der Waals surface area (Å²) >= 11 is 6.00. The molecule has 0 fully saturated rings. The highest BCUT2D eigenvalue weighted by atomic mass is 32.2. The smallest absolute Gasteiger partial charge is 0.236 e. The Morgan fingerprint density at radius 3 is 2.60 bits per heavy atom. The summed E-state index contributed by atoms with van der Waals surface area (Å²) in [4.78, 5) is 16.6. The van der Waals surface area contributed by atoms with Crippen LogP contribution in [0.1, 0.15) is 12.5 Å².